The first-order valence-corrected chi connectivity index (χ1v) is 9.78. The maximum Gasteiger partial charge on any atom is 0.264 e. The minimum absolute atomic E-state index is 0.174. The fourth-order valence-corrected chi connectivity index (χ4v) is 4.03. The Morgan fingerprint density at radius 1 is 1.04 bits per heavy atom. The molecule has 0 bridgehead atoms. The predicted octanol–water partition coefficient (Wildman–Crippen LogP) is 2.89. The summed E-state index contributed by atoms with van der Waals surface area (Å²) in [5.74, 6) is -0.330. The number of anilines is 1. The number of amides is 1. The van der Waals surface area contributed by atoms with E-state index in [-0.39, 0.29) is 17.3 Å². The van der Waals surface area contributed by atoms with Gasteiger partial charge in [0.25, 0.3) is 10.0 Å². The number of nitrogens with one attached hydrogen (secondary N) is 1. The maximum absolute atomic E-state index is 13.2. The highest BCUT2D eigenvalue weighted by molar-refractivity contribution is 7.92. The molecule has 2 rings (SSSR count). The zero-order chi connectivity index (χ0) is 18.4. The second-order valence-electron chi connectivity index (χ2n) is 5.76. The van der Waals surface area contributed by atoms with Crippen molar-refractivity contribution in [3.05, 3.63) is 59.7 Å². The molecule has 0 aliphatic rings. The van der Waals surface area contributed by atoms with E-state index in [9.17, 15) is 13.2 Å². The highest BCUT2D eigenvalue weighted by Gasteiger charge is 2.28. The summed E-state index contributed by atoms with van der Waals surface area (Å²) in [5.41, 5.74) is 2.39. The third kappa shape index (κ3) is 4.39. The van der Waals surface area contributed by atoms with Crippen LogP contribution in [0.25, 0.3) is 0 Å². The van der Waals surface area contributed by atoms with E-state index in [2.05, 4.69) is 5.32 Å². The van der Waals surface area contributed by atoms with Crippen LogP contribution in [-0.2, 0) is 21.2 Å². The normalized spacial score (nSPS) is 11.2. The molecule has 0 fully saturated rings. The highest BCUT2D eigenvalue weighted by Crippen LogP contribution is 2.27. The van der Waals surface area contributed by atoms with Crippen molar-refractivity contribution in [2.24, 2.45) is 0 Å². The smallest absolute Gasteiger partial charge is 0.264 e. The van der Waals surface area contributed by atoms with E-state index in [0.717, 1.165) is 11.1 Å². The van der Waals surface area contributed by atoms with Crippen molar-refractivity contribution in [3.8, 4) is 0 Å². The van der Waals surface area contributed by atoms with E-state index < -0.39 is 10.0 Å². The molecular weight excluding hydrogens is 336 g/mol. The molecule has 1 amide bonds. The van der Waals surface area contributed by atoms with Crippen molar-refractivity contribution in [2.45, 2.75) is 32.1 Å². The van der Waals surface area contributed by atoms with Gasteiger partial charge in [-0.2, -0.15) is 0 Å². The van der Waals surface area contributed by atoms with Crippen LogP contribution in [0.3, 0.4) is 0 Å². The van der Waals surface area contributed by atoms with Gasteiger partial charge in [-0.05, 0) is 44.0 Å². The van der Waals surface area contributed by atoms with Crippen molar-refractivity contribution in [1.29, 1.82) is 0 Å². The van der Waals surface area contributed by atoms with Gasteiger partial charge in [-0.25, -0.2) is 8.42 Å². The Bertz CT molecular complexity index is 830. The summed E-state index contributed by atoms with van der Waals surface area (Å²) < 4.78 is 27.6. The van der Waals surface area contributed by atoms with Gasteiger partial charge in [0, 0.05) is 6.54 Å². The Balaban J connectivity index is 2.54. The fourth-order valence-electron chi connectivity index (χ4n) is 2.57. The van der Waals surface area contributed by atoms with Crippen molar-refractivity contribution in [3.63, 3.8) is 0 Å². The molecule has 2 aromatic rings. The molecule has 5 nitrogen and oxygen atoms in total. The van der Waals surface area contributed by atoms with Crippen LogP contribution in [0.4, 0.5) is 5.69 Å². The van der Waals surface area contributed by atoms with Crippen LogP contribution in [0, 0.1) is 6.92 Å². The highest BCUT2D eigenvalue weighted by atomic mass is 32.2. The number of hydrogen-bond acceptors (Lipinski definition) is 3. The Labute approximate surface area is 149 Å². The zero-order valence-electron chi connectivity index (χ0n) is 14.8. The predicted molar refractivity (Wildman–Crippen MR) is 100 cm³/mol. The third-order valence-electron chi connectivity index (χ3n) is 3.91. The van der Waals surface area contributed by atoms with Gasteiger partial charge in [0.05, 0.1) is 10.6 Å². The summed E-state index contributed by atoms with van der Waals surface area (Å²) in [6.07, 6.45) is 0.672. The molecule has 0 saturated carbocycles. The van der Waals surface area contributed by atoms with E-state index >= 15 is 0 Å². The largest absolute Gasteiger partial charge is 0.355 e. The maximum atomic E-state index is 13.2. The van der Waals surface area contributed by atoms with Crippen LogP contribution >= 0.6 is 0 Å². The molecule has 0 aromatic heterocycles. The Morgan fingerprint density at radius 2 is 1.68 bits per heavy atom. The molecule has 6 heteroatoms. The summed E-state index contributed by atoms with van der Waals surface area (Å²) in [6, 6.07) is 13.9. The van der Waals surface area contributed by atoms with E-state index in [0.29, 0.717) is 18.7 Å². The van der Waals surface area contributed by atoms with E-state index in [1.807, 2.05) is 26.0 Å². The molecule has 2 aromatic carbocycles. The van der Waals surface area contributed by atoms with Gasteiger partial charge in [-0.15, -0.1) is 0 Å². The van der Waals surface area contributed by atoms with Crippen molar-refractivity contribution in [2.75, 3.05) is 17.4 Å². The third-order valence-corrected chi connectivity index (χ3v) is 5.69. The number of sulfonamides is 1. The average molecular weight is 360 g/mol. The van der Waals surface area contributed by atoms with E-state index in [1.165, 1.54) is 4.31 Å². The molecule has 134 valence electrons. The summed E-state index contributed by atoms with van der Waals surface area (Å²) in [4.78, 5) is 12.3. The summed E-state index contributed by atoms with van der Waals surface area (Å²) in [7, 11) is -3.84. The lowest BCUT2D eigenvalue weighted by atomic mass is 10.1. The Kier molecular flexibility index (Phi) is 6.20. The molecule has 0 spiro atoms. The summed E-state index contributed by atoms with van der Waals surface area (Å²) in [5, 5.41) is 2.67. The average Bonchev–Trinajstić information content (AvgIpc) is 2.60. The molecule has 0 heterocycles. The Morgan fingerprint density at radius 3 is 2.28 bits per heavy atom. The first kappa shape index (κ1) is 19.0. The second kappa shape index (κ2) is 8.16. The van der Waals surface area contributed by atoms with Gasteiger partial charge in [0.15, 0.2) is 0 Å². The number of nitrogens with zero attached hydrogens (tertiary/aromatic N) is 1. The minimum Gasteiger partial charge on any atom is -0.355 e. The van der Waals surface area contributed by atoms with Crippen molar-refractivity contribution >= 4 is 21.6 Å². The van der Waals surface area contributed by atoms with Gasteiger partial charge in [-0.3, -0.25) is 9.10 Å². The van der Waals surface area contributed by atoms with Crippen LogP contribution in [0.15, 0.2) is 53.4 Å². The molecule has 25 heavy (non-hydrogen) atoms. The number of carbonyl (C=O) groups is 1. The van der Waals surface area contributed by atoms with Gasteiger partial charge in [-0.1, -0.05) is 42.8 Å². The topological polar surface area (TPSA) is 66.5 Å². The minimum atomic E-state index is -3.84. The van der Waals surface area contributed by atoms with Gasteiger partial charge < -0.3 is 5.32 Å². The lowest BCUT2D eigenvalue weighted by Crippen LogP contribution is -2.41. The first-order chi connectivity index (χ1) is 11.9. The molecule has 0 saturated heterocycles. The zero-order valence-corrected chi connectivity index (χ0v) is 15.6. The number of aryl methyl sites for hydroxylation is 2. The molecule has 0 aliphatic carbocycles. The standard InChI is InChI=1S/C19H24N2O3S/c1-4-16-8-6-7-9-18(16)21(14-19(22)20-5-2)25(23,24)17-12-10-15(3)11-13-17/h6-13H,4-5,14H2,1-3H3,(H,20,22). The van der Waals surface area contributed by atoms with Crippen molar-refractivity contribution < 1.29 is 13.2 Å². The summed E-state index contributed by atoms with van der Waals surface area (Å²) in [6.45, 7) is 5.86. The number of carbonyl (C=O) groups excluding carboxylic acids is 1. The monoisotopic (exact) mass is 360 g/mol. The molecule has 0 aliphatic heterocycles. The van der Waals surface area contributed by atoms with Crippen LogP contribution in [-0.4, -0.2) is 27.4 Å². The van der Waals surface area contributed by atoms with Crippen LogP contribution in [0.1, 0.15) is 25.0 Å². The van der Waals surface area contributed by atoms with E-state index in [1.54, 1.807) is 43.3 Å². The number of rotatable bonds is 7. The summed E-state index contributed by atoms with van der Waals surface area (Å²) >= 11 is 0. The van der Waals surface area contributed by atoms with Gasteiger partial charge in [0.1, 0.15) is 6.54 Å². The van der Waals surface area contributed by atoms with Crippen LogP contribution in [0.2, 0.25) is 0 Å². The lowest BCUT2D eigenvalue weighted by molar-refractivity contribution is -0.119. The van der Waals surface area contributed by atoms with Gasteiger partial charge in [0.2, 0.25) is 5.91 Å². The fraction of sp³-hybridized carbons (Fsp3) is 0.316. The first-order valence-electron chi connectivity index (χ1n) is 8.34. The molecule has 1 N–H and O–H groups in total. The van der Waals surface area contributed by atoms with Gasteiger partial charge >= 0.3 is 0 Å². The molecule has 0 unspecified atom stereocenters. The second-order valence-corrected chi connectivity index (χ2v) is 7.62. The number of para-hydroxylation sites is 1. The Hall–Kier alpha value is -2.34. The molecule has 0 radical (unpaired) electrons. The number of likely N-dealkylation sites (N-methyl/N-ethyl adjacent to an activating group) is 1. The quantitative estimate of drug-likeness (QED) is 0.826. The SMILES string of the molecule is CCNC(=O)CN(c1ccccc1CC)S(=O)(=O)c1ccc(C)cc1. The number of benzene rings is 2. The molecular formula is C19H24N2O3S. The van der Waals surface area contributed by atoms with Crippen LogP contribution < -0.4 is 9.62 Å². The van der Waals surface area contributed by atoms with Crippen molar-refractivity contribution in [1.82, 2.24) is 5.32 Å². The number of hydrogen-bond donors (Lipinski definition) is 1. The molecule has 0 atom stereocenters. The lowest BCUT2D eigenvalue weighted by Gasteiger charge is -2.26. The van der Waals surface area contributed by atoms with E-state index in [4.69, 9.17) is 0 Å². The van der Waals surface area contributed by atoms with Crippen LogP contribution in [0.5, 0.6) is 0 Å².